The number of carbonyl (C=O) groups is 1. The van der Waals surface area contributed by atoms with E-state index >= 15 is 0 Å². The first-order chi connectivity index (χ1) is 6.97. The van der Waals surface area contributed by atoms with E-state index in [1.165, 1.54) is 7.11 Å². The monoisotopic (exact) mass is 276 g/mol. The van der Waals surface area contributed by atoms with E-state index in [4.69, 9.17) is 9.84 Å². The number of aromatic nitrogens is 1. The van der Waals surface area contributed by atoms with Crippen molar-refractivity contribution >= 4 is 27.6 Å². The largest absolute Gasteiger partial charge is 0.480 e. The minimum Gasteiger partial charge on any atom is -0.480 e. The molecule has 0 aliphatic carbocycles. The lowest BCUT2D eigenvalue weighted by Crippen LogP contribution is -2.07. The van der Waals surface area contributed by atoms with Crippen LogP contribution >= 0.6 is 15.9 Å². The number of nitrogens with zero attached hydrogens (tertiary/aromatic N) is 2. The molecule has 80 valence electrons. The topological polar surface area (TPSA) is 103 Å². The third kappa shape index (κ3) is 2.21. The lowest BCUT2D eigenvalue weighted by Gasteiger charge is -2.03. The van der Waals surface area contributed by atoms with Crippen LogP contribution in [-0.2, 0) is 0 Å². The summed E-state index contributed by atoms with van der Waals surface area (Å²) < 4.78 is 4.95. The van der Waals surface area contributed by atoms with Crippen molar-refractivity contribution in [2.24, 2.45) is 0 Å². The van der Waals surface area contributed by atoms with Gasteiger partial charge in [-0.1, -0.05) is 0 Å². The van der Waals surface area contributed by atoms with E-state index in [1.54, 1.807) is 0 Å². The van der Waals surface area contributed by atoms with Crippen LogP contribution in [0.1, 0.15) is 10.5 Å². The summed E-state index contributed by atoms with van der Waals surface area (Å²) >= 11 is 2.97. The number of methoxy groups -OCH3 is 1. The Balaban J connectivity index is 3.45. The summed E-state index contributed by atoms with van der Waals surface area (Å²) in [5.41, 5.74) is -1.24. The second-order valence-electron chi connectivity index (χ2n) is 2.41. The van der Waals surface area contributed by atoms with E-state index in [1.807, 2.05) is 0 Å². The fraction of sp³-hybridized carbons (Fsp3) is 0.143. The molecule has 0 aromatic carbocycles. The van der Waals surface area contributed by atoms with Gasteiger partial charge in [-0.15, -0.1) is 0 Å². The Hall–Kier alpha value is -1.70. The van der Waals surface area contributed by atoms with Gasteiger partial charge in [-0.3, -0.25) is 10.1 Å². The highest BCUT2D eigenvalue weighted by atomic mass is 79.9. The van der Waals surface area contributed by atoms with Crippen molar-refractivity contribution in [3.05, 3.63) is 26.3 Å². The molecule has 0 atom stereocenters. The molecule has 1 heterocycles. The Kier molecular flexibility index (Phi) is 3.20. The Morgan fingerprint density at radius 2 is 2.33 bits per heavy atom. The highest BCUT2D eigenvalue weighted by Gasteiger charge is 2.24. The molecule has 1 rings (SSSR count). The van der Waals surface area contributed by atoms with Gasteiger partial charge in [-0.05, 0) is 15.9 Å². The molecule has 7 nitrogen and oxygen atoms in total. The van der Waals surface area contributed by atoms with Crippen LogP contribution in [0, 0.1) is 10.1 Å². The summed E-state index contributed by atoms with van der Waals surface area (Å²) in [4.78, 5) is 23.9. The Morgan fingerprint density at radius 3 is 2.73 bits per heavy atom. The highest BCUT2D eigenvalue weighted by molar-refractivity contribution is 9.10. The van der Waals surface area contributed by atoms with Gasteiger partial charge in [0.25, 0.3) is 0 Å². The molecular weight excluding hydrogens is 272 g/mol. The molecule has 0 unspecified atom stereocenters. The average molecular weight is 277 g/mol. The van der Waals surface area contributed by atoms with Crippen LogP contribution in [0.4, 0.5) is 5.69 Å². The van der Waals surface area contributed by atoms with Gasteiger partial charge in [-0.25, -0.2) is 4.79 Å². The normalized spacial score (nSPS) is 9.73. The number of aromatic carboxylic acids is 1. The predicted octanol–water partition coefficient (Wildman–Crippen LogP) is 1.46. The molecule has 0 fully saturated rings. The zero-order chi connectivity index (χ0) is 11.6. The summed E-state index contributed by atoms with van der Waals surface area (Å²) in [5.74, 6) is -1.49. The van der Waals surface area contributed by atoms with Crippen molar-refractivity contribution in [1.82, 2.24) is 4.98 Å². The molecule has 0 aliphatic rings. The lowest BCUT2D eigenvalue weighted by atomic mass is 10.3. The maximum absolute atomic E-state index is 10.7. The third-order valence-corrected chi connectivity index (χ3v) is 2.08. The number of hydrogen-bond acceptors (Lipinski definition) is 5. The van der Waals surface area contributed by atoms with Crippen molar-refractivity contribution in [2.45, 2.75) is 0 Å². The standard InChI is InChI=1S/C7H5BrN2O5/c1-15-6-3(8)2-4(10(13)14)5(9-6)7(11)12/h2H,1H3,(H,11,12). The zero-order valence-corrected chi connectivity index (χ0v) is 9.02. The molecule has 8 heteroatoms. The van der Waals surface area contributed by atoms with Crippen LogP contribution in [0.2, 0.25) is 0 Å². The van der Waals surface area contributed by atoms with Crippen LogP contribution in [0.5, 0.6) is 5.88 Å². The highest BCUT2D eigenvalue weighted by Crippen LogP contribution is 2.29. The molecule has 0 saturated carbocycles. The Labute approximate surface area is 92.0 Å². The summed E-state index contributed by atoms with van der Waals surface area (Å²) in [6, 6.07) is 1.04. The summed E-state index contributed by atoms with van der Waals surface area (Å²) in [7, 11) is 1.28. The number of carboxylic acids is 1. The first-order valence-electron chi connectivity index (χ1n) is 3.59. The van der Waals surface area contributed by atoms with E-state index in [0.717, 1.165) is 6.07 Å². The van der Waals surface area contributed by atoms with E-state index < -0.39 is 22.3 Å². The smallest absolute Gasteiger partial charge is 0.361 e. The molecule has 1 N–H and O–H groups in total. The Bertz CT molecular complexity index is 434. The van der Waals surface area contributed by atoms with Gasteiger partial charge in [0, 0.05) is 6.07 Å². The van der Waals surface area contributed by atoms with E-state index in [0.29, 0.717) is 0 Å². The quantitative estimate of drug-likeness (QED) is 0.662. The van der Waals surface area contributed by atoms with Gasteiger partial charge in [0.1, 0.15) is 0 Å². The summed E-state index contributed by atoms with van der Waals surface area (Å²) in [6.07, 6.45) is 0. The lowest BCUT2D eigenvalue weighted by molar-refractivity contribution is -0.385. The van der Waals surface area contributed by atoms with Gasteiger partial charge >= 0.3 is 11.7 Å². The van der Waals surface area contributed by atoms with Crippen molar-refractivity contribution in [3.8, 4) is 5.88 Å². The summed E-state index contributed by atoms with van der Waals surface area (Å²) in [6.45, 7) is 0. The fourth-order valence-corrected chi connectivity index (χ4v) is 1.37. The van der Waals surface area contributed by atoms with Gasteiger partial charge in [0.2, 0.25) is 11.6 Å². The molecule has 0 bridgehead atoms. The van der Waals surface area contributed by atoms with Crippen molar-refractivity contribution in [3.63, 3.8) is 0 Å². The minimum absolute atomic E-state index is 0.0157. The summed E-state index contributed by atoms with van der Waals surface area (Å²) in [5, 5.41) is 19.2. The van der Waals surface area contributed by atoms with Gasteiger partial charge in [0.05, 0.1) is 16.5 Å². The van der Waals surface area contributed by atoms with Crippen LogP contribution in [0.3, 0.4) is 0 Å². The minimum atomic E-state index is -1.48. The SMILES string of the molecule is COc1nc(C(=O)O)c([N+](=O)[O-])cc1Br. The van der Waals surface area contributed by atoms with Gasteiger partial charge < -0.3 is 9.84 Å². The molecule has 0 saturated heterocycles. The zero-order valence-electron chi connectivity index (χ0n) is 7.43. The average Bonchev–Trinajstić information content (AvgIpc) is 2.16. The predicted molar refractivity (Wildman–Crippen MR) is 52.1 cm³/mol. The molecule has 1 aromatic heterocycles. The van der Waals surface area contributed by atoms with Crippen LogP contribution in [0.15, 0.2) is 10.5 Å². The number of halogens is 1. The van der Waals surface area contributed by atoms with Crippen LogP contribution in [0.25, 0.3) is 0 Å². The first kappa shape index (κ1) is 11.4. The van der Waals surface area contributed by atoms with E-state index in [-0.39, 0.29) is 10.4 Å². The fourth-order valence-electron chi connectivity index (χ4n) is 0.902. The first-order valence-corrected chi connectivity index (χ1v) is 4.39. The molecule has 0 radical (unpaired) electrons. The molecule has 0 amide bonds. The second kappa shape index (κ2) is 4.22. The van der Waals surface area contributed by atoms with Crippen molar-refractivity contribution < 1.29 is 19.6 Å². The van der Waals surface area contributed by atoms with Gasteiger partial charge in [0.15, 0.2) is 0 Å². The maximum atomic E-state index is 10.7. The molecule has 15 heavy (non-hydrogen) atoms. The Morgan fingerprint density at radius 1 is 1.73 bits per heavy atom. The number of hydrogen-bond donors (Lipinski definition) is 1. The van der Waals surface area contributed by atoms with Crippen LogP contribution in [-0.4, -0.2) is 28.1 Å². The van der Waals surface area contributed by atoms with Gasteiger partial charge in [-0.2, -0.15) is 4.98 Å². The van der Waals surface area contributed by atoms with Crippen molar-refractivity contribution in [1.29, 1.82) is 0 Å². The molecule has 0 spiro atoms. The van der Waals surface area contributed by atoms with E-state index in [9.17, 15) is 14.9 Å². The number of pyridine rings is 1. The van der Waals surface area contributed by atoms with Crippen LogP contribution < -0.4 is 4.74 Å². The molecule has 0 aliphatic heterocycles. The molecular formula is C7H5BrN2O5. The number of carboxylic acid groups (broad SMARTS) is 1. The van der Waals surface area contributed by atoms with Crippen molar-refractivity contribution in [2.75, 3.05) is 7.11 Å². The third-order valence-electron chi connectivity index (χ3n) is 1.52. The van der Waals surface area contributed by atoms with E-state index in [2.05, 4.69) is 20.9 Å². The maximum Gasteiger partial charge on any atom is 0.361 e. The number of ether oxygens (including phenoxy) is 1. The molecule has 1 aromatic rings. The number of nitro groups is 1. The number of rotatable bonds is 3. The second-order valence-corrected chi connectivity index (χ2v) is 3.26.